The minimum Gasteiger partial charge on any atom is -0.322 e. The largest absolute Gasteiger partial charge is 0.322 e. The first kappa shape index (κ1) is 15.0. The van der Waals surface area contributed by atoms with Crippen LogP contribution in [0.2, 0.25) is 0 Å². The van der Waals surface area contributed by atoms with E-state index in [1.54, 1.807) is 16.4 Å². The molecule has 0 radical (unpaired) electrons. The quantitative estimate of drug-likeness (QED) is 0.823. The van der Waals surface area contributed by atoms with Gasteiger partial charge in [0.25, 0.3) is 0 Å². The number of nitrogens with two attached hydrogens (primary N) is 1. The van der Waals surface area contributed by atoms with Crippen LogP contribution in [0.1, 0.15) is 31.9 Å². The van der Waals surface area contributed by atoms with E-state index in [1.807, 2.05) is 33.3 Å². The molecule has 1 rings (SSSR count). The highest BCUT2D eigenvalue weighted by Gasteiger charge is 2.17. The summed E-state index contributed by atoms with van der Waals surface area (Å²) in [6, 6.07) is -0.460. The number of aryl methyl sites for hydroxylation is 1. The van der Waals surface area contributed by atoms with Crippen molar-refractivity contribution in [3.05, 3.63) is 11.9 Å². The molecule has 3 N–H and O–H groups in total. The number of hydrogen-bond donors (Lipinski definition) is 2. The number of hydrogen-bond acceptors (Lipinski definition) is 4. The van der Waals surface area contributed by atoms with Crippen LogP contribution < -0.4 is 11.1 Å². The zero-order valence-corrected chi connectivity index (χ0v) is 12.3. The van der Waals surface area contributed by atoms with Crippen molar-refractivity contribution in [2.75, 3.05) is 17.3 Å². The highest BCUT2D eigenvalue weighted by Crippen LogP contribution is 2.22. The summed E-state index contributed by atoms with van der Waals surface area (Å²) in [5, 5.41) is 7.21. The first-order valence-electron chi connectivity index (χ1n) is 6.04. The smallest absolute Gasteiger partial charge is 0.241 e. The number of nitrogens with zero attached hydrogens (tertiary/aromatic N) is 2. The van der Waals surface area contributed by atoms with Crippen LogP contribution >= 0.6 is 11.8 Å². The fraction of sp³-hybridized carbons (Fsp3) is 0.667. The van der Waals surface area contributed by atoms with Crippen LogP contribution in [0.4, 0.5) is 5.69 Å². The van der Waals surface area contributed by atoms with Crippen LogP contribution in [0.25, 0.3) is 0 Å². The monoisotopic (exact) mass is 270 g/mol. The molecular formula is C12H22N4OS. The second-order valence-corrected chi connectivity index (χ2v) is 5.62. The van der Waals surface area contributed by atoms with E-state index in [1.165, 1.54) is 0 Å². The molecule has 1 heterocycles. The van der Waals surface area contributed by atoms with Crippen molar-refractivity contribution in [2.24, 2.45) is 12.8 Å². The van der Waals surface area contributed by atoms with E-state index in [-0.39, 0.29) is 11.8 Å². The summed E-state index contributed by atoms with van der Waals surface area (Å²) in [7, 11) is 1.84. The molecule has 0 fully saturated rings. The molecule has 0 aliphatic rings. The summed E-state index contributed by atoms with van der Waals surface area (Å²) in [5.74, 6) is 1.02. The normalized spacial score (nSPS) is 12.8. The van der Waals surface area contributed by atoms with Crippen molar-refractivity contribution in [3.8, 4) is 0 Å². The van der Waals surface area contributed by atoms with Gasteiger partial charge < -0.3 is 11.1 Å². The number of rotatable bonds is 6. The lowest BCUT2D eigenvalue weighted by Gasteiger charge is -2.12. The van der Waals surface area contributed by atoms with Gasteiger partial charge in [-0.15, -0.1) is 0 Å². The minimum absolute atomic E-state index is 0.140. The van der Waals surface area contributed by atoms with Gasteiger partial charge in [0, 0.05) is 13.2 Å². The molecule has 0 bridgehead atoms. The van der Waals surface area contributed by atoms with Gasteiger partial charge in [0.05, 0.1) is 17.4 Å². The van der Waals surface area contributed by atoms with Gasteiger partial charge in [-0.1, -0.05) is 13.8 Å². The van der Waals surface area contributed by atoms with E-state index in [4.69, 9.17) is 5.73 Å². The highest BCUT2D eigenvalue weighted by molar-refractivity contribution is 7.98. The fourth-order valence-corrected chi connectivity index (χ4v) is 2.12. The minimum atomic E-state index is -0.460. The molecule has 1 amide bonds. The lowest BCUT2D eigenvalue weighted by Crippen LogP contribution is -2.36. The predicted octanol–water partition coefficient (Wildman–Crippen LogP) is 1.56. The Morgan fingerprint density at radius 2 is 2.28 bits per heavy atom. The second-order valence-electron chi connectivity index (χ2n) is 4.63. The lowest BCUT2D eigenvalue weighted by molar-refractivity contribution is -0.117. The van der Waals surface area contributed by atoms with E-state index in [0.29, 0.717) is 6.42 Å². The Morgan fingerprint density at radius 3 is 2.83 bits per heavy atom. The maximum absolute atomic E-state index is 11.9. The maximum atomic E-state index is 11.9. The summed E-state index contributed by atoms with van der Waals surface area (Å²) < 4.78 is 1.71. The van der Waals surface area contributed by atoms with Gasteiger partial charge in [0.2, 0.25) is 5.91 Å². The Balaban J connectivity index is 2.69. The third kappa shape index (κ3) is 4.03. The summed E-state index contributed by atoms with van der Waals surface area (Å²) in [6.07, 6.45) is 4.50. The van der Waals surface area contributed by atoms with E-state index in [0.717, 1.165) is 17.1 Å². The Kier molecular flexibility index (Phi) is 5.68. The Hall–Kier alpha value is -1.01. The number of aromatic nitrogens is 2. The van der Waals surface area contributed by atoms with Gasteiger partial charge in [-0.2, -0.15) is 16.9 Å². The maximum Gasteiger partial charge on any atom is 0.241 e. The molecule has 0 aliphatic heterocycles. The van der Waals surface area contributed by atoms with Crippen LogP contribution in [-0.2, 0) is 11.8 Å². The Labute approximate surface area is 112 Å². The lowest BCUT2D eigenvalue weighted by atomic mass is 10.1. The first-order valence-corrected chi connectivity index (χ1v) is 7.44. The zero-order valence-electron chi connectivity index (χ0n) is 11.4. The molecule has 0 spiro atoms. The molecule has 0 unspecified atom stereocenters. The van der Waals surface area contributed by atoms with Crippen molar-refractivity contribution >= 4 is 23.4 Å². The van der Waals surface area contributed by atoms with Gasteiger partial charge >= 0.3 is 0 Å². The van der Waals surface area contributed by atoms with Gasteiger partial charge in [-0.3, -0.25) is 9.48 Å². The van der Waals surface area contributed by atoms with Crippen molar-refractivity contribution < 1.29 is 4.79 Å². The Bertz CT molecular complexity index is 403. The molecule has 1 aromatic rings. The summed E-state index contributed by atoms with van der Waals surface area (Å²) >= 11 is 1.69. The van der Waals surface area contributed by atoms with E-state index in [2.05, 4.69) is 10.4 Å². The average molecular weight is 270 g/mol. The van der Waals surface area contributed by atoms with E-state index < -0.39 is 6.04 Å². The number of anilines is 1. The molecule has 0 aliphatic carbocycles. The van der Waals surface area contributed by atoms with Gasteiger partial charge in [0.1, 0.15) is 0 Å². The summed E-state index contributed by atoms with van der Waals surface area (Å²) in [5.41, 5.74) is 7.48. The summed E-state index contributed by atoms with van der Waals surface area (Å²) in [6.45, 7) is 4.09. The molecule has 0 saturated carbocycles. The number of carbonyl (C=O) groups excluding carboxylic acids is 1. The SMILES string of the molecule is CSCC[C@@H](N)C(=O)Nc1cn(C)nc1C(C)C. The molecule has 6 heteroatoms. The molecule has 18 heavy (non-hydrogen) atoms. The van der Waals surface area contributed by atoms with Crippen LogP contribution in [-0.4, -0.2) is 33.7 Å². The third-order valence-electron chi connectivity index (χ3n) is 2.63. The third-order valence-corrected chi connectivity index (χ3v) is 3.28. The molecular weight excluding hydrogens is 248 g/mol. The van der Waals surface area contributed by atoms with Crippen LogP contribution in [0, 0.1) is 0 Å². The average Bonchev–Trinajstić information content (AvgIpc) is 2.67. The molecule has 1 atom stereocenters. The number of amides is 1. The van der Waals surface area contributed by atoms with Crippen LogP contribution in [0.15, 0.2) is 6.20 Å². The van der Waals surface area contributed by atoms with Crippen molar-refractivity contribution in [1.29, 1.82) is 0 Å². The molecule has 102 valence electrons. The topological polar surface area (TPSA) is 72.9 Å². The molecule has 0 aromatic carbocycles. The van der Waals surface area contributed by atoms with Gasteiger partial charge in [-0.05, 0) is 24.3 Å². The number of nitrogens with one attached hydrogen (secondary N) is 1. The number of carbonyl (C=O) groups is 1. The fourth-order valence-electron chi connectivity index (χ4n) is 1.63. The number of thioether (sulfide) groups is 1. The standard InChI is InChI=1S/C12H22N4OS/c1-8(2)11-10(7-16(3)15-11)14-12(17)9(13)5-6-18-4/h7-9H,5-6,13H2,1-4H3,(H,14,17)/t9-/m1/s1. The second kappa shape index (κ2) is 6.80. The van der Waals surface area contributed by atoms with E-state index >= 15 is 0 Å². The molecule has 1 aromatic heterocycles. The molecule has 5 nitrogen and oxygen atoms in total. The van der Waals surface area contributed by atoms with Gasteiger partial charge in [0.15, 0.2) is 0 Å². The van der Waals surface area contributed by atoms with Crippen molar-refractivity contribution in [3.63, 3.8) is 0 Å². The predicted molar refractivity (Wildman–Crippen MR) is 76.9 cm³/mol. The molecule has 0 saturated heterocycles. The van der Waals surface area contributed by atoms with Crippen LogP contribution in [0.3, 0.4) is 0 Å². The first-order chi connectivity index (χ1) is 8.45. The van der Waals surface area contributed by atoms with Crippen molar-refractivity contribution in [2.45, 2.75) is 32.2 Å². The summed E-state index contributed by atoms with van der Waals surface area (Å²) in [4.78, 5) is 11.9. The highest BCUT2D eigenvalue weighted by atomic mass is 32.2. The van der Waals surface area contributed by atoms with Crippen LogP contribution in [0.5, 0.6) is 0 Å². The zero-order chi connectivity index (χ0) is 13.7. The van der Waals surface area contributed by atoms with Gasteiger partial charge in [-0.25, -0.2) is 0 Å². The Morgan fingerprint density at radius 1 is 1.61 bits per heavy atom. The van der Waals surface area contributed by atoms with E-state index in [9.17, 15) is 4.79 Å². The van der Waals surface area contributed by atoms with Crippen molar-refractivity contribution in [1.82, 2.24) is 9.78 Å².